The van der Waals surface area contributed by atoms with Gasteiger partial charge in [-0.15, -0.1) is 0 Å². The molecule has 0 aliphatic heterocycles. The first-order valence-electron chi connectivity index (χ1n) is 7.92. The summed E-state index contributed by atoms with van der Waals surface area (Å²) < 4.78 is 30.3. The standard InChI is InChI=1S/C18H21ClN2O4S/c1-25-17-9-3-14(4-10-17)13-18(22)20-11-12-21(26(2,23)24)16-7-5-15(19)6-8-16/h3-10H,11-13H2,1-2H3,(H,20,22). The molecule has 0 aliphatic carbocycles. The number of methoxy groups -OCH3 is 1. The molecule has 0 saturated heterocycles. The Balaban J connectivity index is 1.92. The Bertz CT molecular complexity index is 836. The van der Waals surface area contributed by atoms with Crippen molar-refractivity contribution in [1.82, 2.24) is 5.32 Å². The smallest absolute Gasteiger partial charge is 0.232 e. The van der Waals surface area contributed by atoms with Crippen LogP contribution in [0.15, 0.2) is 48.5 Å². The highest BCUT2D eigenvalue weighted by Crippen LogP contribution is 2.20. The Kier molecular flexibility index (Phi) is 6.88. The molecule has 0 radical (unpaired) electrons. The van der Waals surface area contributed by atoms with Crippen molar-refractivity contribution in [3.63, 3.8) is 0 Å². The summed E-state index contributed by atoms with van der Waals surface area (Å²) >= 11 is 5.84. The van der Waals surface area contributed by atoms with Gasteiger partial charge >= 0.3 is 0 Å². The zero-order valence-corrected chi connectivity index (χ0v) is 16.2. The zero-order chi connectivity index (χ0) is 19.2. The van der Waals surface area contributed by atoms with Crippen LogP contribution in [0, 0.1) is 0 Å². The maximum absolute atomic E-state index is 12.1. The third-order valence-corrected chi connectivity index (χ3v) is 5.12. The van der Waals surface area contributed by atoms with Crippen LogP contribution in [-0.4, -0.2) is 40.8 Å². The van der Waals surface area contributed by atoms with E-state index in [9.17, 15) is 13.2 Å². The molecule has 0 unspecified atom stereocenters. The van der Waals surface area contributed by atoms with Crippen molar-refractivity contribution in [2.24, 2.45) is 0 Å². The molecule has 2 aromatic rings. The van der Waals surface area contributed by atoms with Gasteiger partial charge < -0.3 is 10.1 Å². The lowest BCUT2D eigenvalue weighted by Gasteiger charge is -2.22. The topological polar surface area (TPSA) is 75.7 Å². The van der Waals surface area contributed by atoms with E-state index in [0.29, 0.717) is 10.7 Å². The molecule has 0 spiro atoms. The highest BCUT2D eigenvalue weighted by molar-refractivity contribution is 7.92. The van der Waals surface area contributed by atoms with E-state index in [0.717, 1.165) is 17.6 Å². The Morgan fingerprint density at radius 2 is 1.73 bits per heavy atom. The summed E-state index contributed by atoms with van der Waals surface area (Å²) in [5.41, 5.74) is 1.35. The fourth-order valence-corrected chi connectivity index (χ4v) is 3.44. The number of carbonyl (C=O) groups is 1. The minimum atomic E-state index is -3.47. The molecule has 8 heteroatoms. The number of nitrogens with one attached hydrogen (secondary N) is 1. The predicted octanol–water partition coefficient (Wildman–Crippen LogP) is 2.47. The monoisotopic (exact) mass is 396 g/mol. The van der Waals surface area contributed by atoms with Crippen molar-refractivity contribution < 1.29 is 17.9 Å². The summed E-state index contributed by atoms with van der Waals surface area (Å²) in [6.07, 6.45) is 1.34. The summed E-state index contributed by atoms with van der Waals surface area (Å²) in [5, 5.41) is 3.26. The lowest BCUT2D eigenvalue weighted by atomic mass is 10.1. The average molecular weight is 397 g/mol. The van der Waals surface area contributed by atoms with Crippen LogP contribution >= 0.6 is 11.6 Å². The SMILES string of the molecule is COc1ccc(CC(=O)NCCN(c2ccc(Cl)cc2)S(C)(=O)=O)cc1. The lowest BCUT2D eigenvalue weighted by Crippen LogP contribution is -2.38. The Hall–Kier alpha value is -2.25. The number of anilines is 1. The highest BCUT2D eigenvalue weighted by Gasteiger charge is 2.17. The molecule has 0 aliphatic rings. The highest BCUT2D eigenvalue weighted by atomic mass is 35.5. The van der Waals surface area contributed by atoms with Gasteiger partial charge in [0.1, 0.15) is 5.75 Å². The molecule has 2 aromatic carbocycles. The number of carbonyl (C=O) groups excluding carboxylic acids is 1. The molecular weight excluding hydrogens is 376 g/mol. The molecule has 1 N–H and O–H groups in total. The van der Waals surface area contributed by atoms with E-state index in [1.54, 1.807) is 43.5 Å². The van der Waals surface area contributed by atoms with Gasteiger partial charge in [-0.25, -0.2) is 8.42 Å². The Morgan fingerprint density at radius 3 is 2.27 bits per heavy atom. The molecule has 140 valence electrons. The predicted molar refractivity (Wildman–Crippen MR) is 103 cm³/mol. The number of benzene rings is 2. The maximum Gasteiger partial charge on any atom is 0.232 e. The molecule has 1 amide bonds. The van der Waals surface area contributed by atoms with Gasteiger partial charge in [0, 0.05) is 11.6 Å². The van der Waals surface area contributed by atoms with Gasteiger partial charge in [0.15, 0.2) is 0 Å². The molecule has 0 heterocycles. The first-order chi connectivity index (χ1) is 12.3. The second-order valence-corrected chi connectivity index (χ2v) is 8.03. The first-order valence-corrected chi connectivity index (χ1v) is 10.1. The van der Waals surface area contributed by atoms with Gasteiger partial charge in [-0.3, -0.25) is 9.10 Å². The second-order valence-electron chi connectivity index (χ2n) is 5.69. The first kappa shape index (κ1) is 20.1. The molecule has 2 rings (SSSR count). The van der Waals surface area contributed by atoms with E-state index in [1.165, 1.54) is 4.31 Å². The van der Waals surface area contributed by atoms with Crippen molar-refractivity contribution in [2.45, 2.75) is 6.42 Å². The van der Waals surface area contributed by atoms with Crippen LogP contribution < -0.4 is 14.4 Å². The molecule has 0 atom stereocenters. The summed E-state index contributed by atoms with van der Waals surface area (Å²) in [4.78, 5) is 12.1. The van der Waals surface area contributed by atoms with Gasteiger partial charge in [-0.05, 0) is 42.0 Å². The number of ether oxygens (including phenoxy) is 1. The minimum Gasteiger partial charge on any atom is -0.497 e. The summed E-state index contributed by atoms with van der Waals surface area (Å²) in [6.45, 7) is 0.333. The van der Waals surface area contributed by atoms with Gasteiger partial charge in [0.05, 0.1) is 32.0 Å². The summed E-state index contributed by atoms with van der Waals surface area (Å²) in [6, 6.07) is 13.7. The van der Waals surface area contributed by atoms with E-state index in [4.69, 9.17) is 16.3 Å². The van der Waals surface area contributed by atoms with Crippen molar-refractivity contribution in [1.29, 1.82) is 0 Å². The van der Waals surface area contributed by atoms with Crippen molar-refractivity contribution >= 4 is 33.2 Å². The molecular formula is C18H21ClN2O4S. The van der Waals surface area contributed by atoms with Crippen LogP contribution in [0.25, 0.3) is 0 Å². The number of rotatable bonds is 8. The lowest BCUT2D eigenvalue weighted by molar-refractivity contribution is -0.120. The average Bonchev–Trinajstić information content (AvgIpc) is 2.59. The number of nitrogens with zero attached hydrogens (tertiary/aromatic N) is 1. The quantitative estimate of drug-likeness (QED) is 0.743. The van der Waals surface area contributed by atoms with E-state index < -0.39 is 10.0 Å². The number of halogens is 1. The summed E-state index contributed by atoms with van der Waals surface area (Å²) in [5.74, 6) is 0.542. The number of hydrogen-bond acceptors (Lipinski definition) is 4. The van der Waals surface area contributed by atoms with E-state index >= 15 is 0 Å². The third kappa shape index (κ3) is 5.93. The minimum absolute atomic E-state index is 0.134. The van der Waals surface area contributed by atoms with Gasteiger partial charge in [0.25, 0.3) is 0 Å². The molecule has 0 aromatic heterocycles. The molecule has 6 nitrogen and oxygen atoms in total. The molecule has 0 bridgehead atoms. The van der Waals surface area contributed by atoms with Crippen molar-refractivity contribution in [3.05, 3.63) is 59.1 Å². The second kappa shape index (κ2) is 8.91. The van der Waals surface area contributed by atoms with E-state index in [1.807, 2.05) is 12.1 Å². The Morgan fingerprint density at radius 1 is 1.12 bits per heavy atom. The third-order valence-electron chi connectivity index (χ3n) is 3.68. The zero-order valence-electron chi connectivity index (χ0n) is 14.6. The summed E-state index contributed by atoms with van der Waals surface area (Å²) in [7, 11) is -1.89. The van der Waals surface area contributed by atoms with Crippen LogP contribution in [0.5, 0.6) is 5.75 Å². The Labute approximate surface area is 158 Å². The number of hydrogen-bond donors (Lipinski definition) is 1. The molecule has 0 saturated carbocycles. The largest absolute Gasteiger partial charge is 0.497 e. The fourth-order valence-electron chi connectivity index (χ4n) is 2.38. The van der Waals surface area contributed by atoms with Gasteiger partial charge in [-0.2, -0.15) is 0 Å². The van der Waals surface area contributed by atoms with Gasteiger partial charge in [-0.1, -0.05) is 23.7 Å². The van der Waals surface area contributed by atoms with Crippen LogP contribution in [0.1, 0.15) is 5.56 Å². The number of amides is 1. The molecule has 0 fully saturated rings. The van der Waals surface area contributed by atoms with Crippen LogP contribution in [0.2, 0.25) is 5.02 Å². The van der Waals surface area contributed by atoms with E-state index in [2.05, 4.69) is 5.32 Å². The van der Waals surface area contributed by atoms with Crippen LogP contribution in [0.3, 0.4) is 0 Å². The van der Waals surface area contributed by atoms with E-state index in [-0.39, 0.29) is 25.4 Å². The van der Waals surface area contributed by atoms with Crippen LogP contribution in [0.4, 0.5) is 5.69 Å². The van der Waals surface area contributed by atoms with Crippen molar-refractivity contribution in [3.8, 4) is 5.75 Å². The maximum atomic E-state index is 12.1. The molecule has 26 heavy (non-hydrogen) atoms. The van der Waals surface area contributed by atoms with Gasteiger partial charge in [0.2, 0.25) is 15.9 Å². The van der Waals surface area contributed by atoms with Crippen LogP contribution in [-0.2, 0) is 21.2 Å². The normalized spacial score (nSPS) is 11.0. The fraction of sp³-hybridized carbons (Fsp3) is 0.278. The van der Waals surface area contributed by atoms with Crippen molar-refractivity contribution in [2.75, 3.05) is 30.8 Å². The number of sulfonamides is 1.